The molecular formula is C15H16N2O3. The highest BCUT2D eigenvalue weighted by atomic mass is 16.5. The zero-order chi connectivity index (χ0) is 13.9. The standard InChI is InChI=1S/C15H16N2O3/c18-15(19)12-2-1-3-13-11(12)4-5-14(17-13)16-8-10-6-7-20-9-10/h1-5,10H,6-9H2,(H,16,17)(H,18,19). The van der Waals surface area contributed by atoms with E-state index in [4.69, 9.17) is 9.84 Å². The summed E-state index contributed by atoms with van der Waals surface area (Å²) >= 11 is 0. The second kappa shape index (κ2) is 5.46. The summed E-state index contributed by atoms with van der Waals surface area (Å²) in [6, 6.07) is 8.76. The van der Waals surface area contributed by atoms with E-state index in [-0.39, 0.29) is 5.56 Å². The lowest BCUT2D eigenvalue weighted by Crippen LogP contribution is -2.14. The number of benzene rings is 1. The van der Waals surface area contributed by atoms with Crippen molar-refractivity contribution in [1.82, 2.24) is 4.98 Å². The topological polar surface area (TPSA) is 71.5 Å². The van der Waals surface area contributed by atoms with Crippen LogP contribution in [0.3, 0.4) is 0 Å². The molecule has 3 rings (SSSR count). The molecule has 0 aliphatic carbocycles. The number of aromatic nitrogens is 1. The van der Waals surface area contributed by atoms with E-state index in [0.29, 0.717) is 16.8 Å². The van der Waals surface area contributed by atoms with Gasteiger partial charge >= 0.3 is 5.97 Å². The van der Waals surface area contributed by atoms with Gasteiger partial charge in [-0.05, 0) is 30.7 Å². The maximum Gasteiger partial charge on any atom is 0.336 e. The number of nitrogens with zero attached hydrogens (tertiary/aromatic N) is 1. The van der Waals surface area contributed by atoms with Crippen molar-refractivity contribution < 1.29 is 14.6 Å². The first-order valence-electron chi connectivity index (χ1n) is 6.69. The van der Waals surface area contributed by atoms with E-state index < -0.39 is 5.97 Å². The maximum atomic E-state index is 11.1. The highest BCUT2D eigenvalue weighted by Gasteiger charge is 2.15. The number of ether oxygens (including phenoxy) is 1. The first-order chi connectivity index (χ1) is 9.74. The summed E-state index contributed by atoms with van der Waals surface area (Å²) < 4.78 is 5.33. The molecule has 1 aromatic carbocycles. The van der Waals surface area contributed by atoms with Gasteiger partial charge in [-0.15, -0.1) is 0 Å². The second-order valence-corrected chi connectivity index (χ2v) is 4.98. The molecule has 1 saturated heterocycles. The van der Waals surface area contributed by atoms with Crippen molar-refractivity contribution >= 4 is 22.7 Å². The van der Waals surface area contributed by atoms with E-state index in [2.05, 4.69) is 10.3 Å². The Labute approximate surface area is 116 Å². The highest BCUT2D eigenvalue weighted by Crippen LogP contribution is 2.20. The van der Waals surface area contributed by atoms with Crippen LogP contribution >= 0.6 is 0 Å². The van der Waals surface area contributed by atoms with Crippen molar-refractivity contribution in [2.45, 2.75) is 6.42 Å². The third kappa shape index (κ3) is 2.58. The summed E-state index contributed by atoms with van der Waals surface area (Å²) in [6.07, 6.45) is 1.07. The van der Waals surface area contributed by atoms with E-state index in [9.17, 15) is 4.79 Å². The molecule has 1 aliphatic rings. The largest absolute Gasteiger partial charge is 0.478 e. The predicted molar refractivity (Wildman–Crippen MR) is 76.1 cm³/mol. The fraction of sp³-hybridized carbons (Fsp3) is 0.333. The Morgan fingerprint density at radius 1 is 1.40 bits per heavy atom. The minimum atomic E-state index is -0.929. The zero-order valence-electron chi connectivity index (χ0n) is 11.0. The number of hydrogen-bond donors (Lipinski definition) is 2. The average Bonchev–Trinajstić information content (AvgIpc) is 2.97. The van der Waals surface area contributed by atoms with E-state index in [0.717, 1.165) is 32.0 Å². The fourth-order valence-corrected chi connectivity index (χ4v) is 2.43. The van der Waals surface area contributed by atoms with Crippen molar-refractivity contribution in [2.24, 2.45) is 5.92 Å². The predicted octanol–water partition coefficient (Wildman–Crippen LogP) is 2.38. The molecule has 1 aromatic heterocycles. The molecule has 104 valence electrons. The molecule has 2 aromatic rings. The lowest BCUT2D eigenvalue weighted by atomic mass is 10.1. The van der Waals surface area contributed by atoms with Crippen molar-refractivity contribution in [3.63, 3.8) is 0 Å². The number of hydrogen-bond acceptors (Lipinski definition) is 4. The average molecular weight is 272 g/mol. The summed E-state index contributed by atoms with van der Waals surface area (Å²) in [5.41, 5.74) is 0.975. The number of pyridine rings is 1. The minimum Gasteiger partial charge on any atom is -0.478 e. The summed E-state index contributed by atoms with van der Waals surface area (Å²) in [4.78, 5) is 15.6. The highest BCUT2D eigenvalue weighted by molar-refractivity contribution is 6.02. The molecule has 1 atom stereocenters. The lowest BCUT2D eigenvalue weighted by molar-refractivity contribution is 0.0699. The third-order valence-corrected chi connectivity index (χ3v) is 3.56. The van der Waals surface area contributed by atoms with Crippen molar-refractivity contribution in [3.8, 4) is 0 Å². The first kappa shape index (κ1) is 12.9. The van der Waals surface area contributed by atoms with Crippen molar-refractivity contribution in [3.05, 3.63) is 35.9 Å². The van der Waals surface area contributed by atoms with E-state index >= 15 is 0 Å². The minimum absolute atomic E-state index is 0.283. The van der Waals surface area contributed by atoms with Gasteiger partial charge in [-0.2, -0.15) is 0 Å². The number of carboxylic acids is 1. The molecule has 1 fully saturated rings. The van der Waals surface area contributed by atoms with Gasteiger partial charge in [-0.1, -0.05) is 6.07 Å². The Morgan fingerprint density at radius 2 is 2.30 bits per heavy atom. The van der Waals surface area contributed by atoms with Crippen molar-refractivity contribution in [1.29, 1.82) is 0 Å². The van der Waals surface area contributed by atoms with Gasteiger partial charge in [0, 0.05) is 24.5 Å². The van der Waals surface area contributed by atoms with Crippen LogP contribution in [0.15, 0.2) is 30.3 Å². The molecule has 2 N–H and O–H groups in total. The number of nitrogens with one attached hydrogen (secondary N) is 1. The molecule has 0 radical (unpaired) electrons. The molecule has 20 heavy (non-hydrogen) atoms. The fourth-order valence-electron chi connectivity index (χ4n) is 2.43. The number of fused-ring (bicyclic) bond motifs is 1. The van der Waals surface area contributed by atoms with Gasteiger partial charge in [0.2, 0.25) is 0 Å². The van der Waals surface area contributed by atoms with E-state index in [1.165, 1.54) is 0 Å². The van der Waals surface area contributed by atoms with Gasteiger partial charge in [0.15, 0.2) is 0 Å². The molecule has 1 unspecified atom stereocenters. The van der Waals surface area contributed by atoms with Crippen LogP contribution in [0.5, 0.6) is 0 Å². The lowest BCUT2D eigenvalue weighted by Gasteiger charge is -2.11. The summed E-state index contributed by atoms with van der Waals surface area (Å²) in [5, 5.41) is 13.1. The van der Waals surface area contributed by atoms with Crippen LogP contribution < -0.4 is 5.32 Å². The maximum absolute atomic E-state index is 11.1. The van der Waals surface area contributed by atoms with Gasteiger partial charge in [-0.25, -0.2) is 9.78 Å². The van der Waals surface area contributed by atoms with Crippen LogP contribution in [0, 0.1) is 5.92 Å². The quantitative estimate of drug-likeness (QED) is 0.894. The Hall–Kier alpha value is -2.14. The zero-order valence-corrected chi connectivity index (χ0v) is 11.0. The Balaban J connectivity index is 1.81. The Kier molecular flexibility index (Phi) is 3.52. The van der Waals surface area contributed by atoms with E-state index in [1.807, 2.05) is 12.1 Å². The van der Waals surface area contributed by atoms with Crippen LogP contribution in [-0.2, 0) is 4.74 Å². The Morgan fingerprint density at radius 3 is 3.05 bits per heavy atom. The number of carbonyl (C=O) groups is 1. The molecule has 1 aliphatic heterocycles. The number of aromatic carboxylic acids is 1. The van der Waals surface area contributed by atoms with Gasteiger partial charge < -0.3 is 15.2 Å². The number of rotatable bonds is 4. The molecule has 5 heteroatoms. The van der Waals surface area contributed by atoms with Gasteiger partial charge in [0.05, 0.1) is 17.7 Å². The monoisotopic (exact) mass is 272 g/mol. The molecule has 5 nitrogen and oxygen atoms in total. The van der Waals surface area contributed by atoms with Gasteiger partial charge in [-0.3, -0.25) is 0 Å². The van der Waals surface area contributed by atoms with Gasteiger partial charge in [0.25, 0.3) is 0 Å². The van der Waals surface area contributed by atoms with E-state index in [1.54, 1.807) is 18.2 Å². The molecule has 0 bridgehead atoms. The SMILES string of the molecule is O=C(O)c1cccc2nc(NCC3CCOC3)ccc12. The molecule has 0 spiro atoms. The van der Waals surface area contributed by atoms with Gasteiger partial charge in [0.1, 0.15) is 5.82 Å². The molecule has 0 amide bonds. The van der Waals surface area contributed by atoms with Crippen LogP contribution in [0.2, 0.25) is 0 Å². The van der Waals surface area contributed by atoms with Crippen LogP contribution in [-0.4, -0.2) is 35.8 Å². The van der Waals surface area contributed by atoms with Crippen molar-refractivity contribution in [2.75, 3.05) is 25.1 Å². The number of carboxylic acid groups (broad SMARTS) is 1. The second-order valence-electron chi connectivity index (χ2n) is 4.98. The van der Waals surface area contributed by atoms with Crippen LogP contribution in [0.1, 0.15) is 16.8 Å². The smallest absolute Gasteiger partial charge is 0.336 e. The normalized spacial score (nSPS) is 18.3. The number of anilines is 1. The van der Waals surface area contributed by atoms with Crippen LogP contribution in [0.4, 0.5) is 5.82 Å². The third-order valence-electron chi connectivity index (χ3n) is 3.56. The summed E-state index contributed by atoms with van der Waals surface area (Å²) in [7, 11) is 0. The first-order valence-corrected chi connectivity index (χ1v) is 6.69. The van der Waals surface area contributed by atoms with Crippen LogP contribution in [0.25, 0.3) is 10.9 Å². The Bertz CT molecular complexity index is 636. The summed E-state index contributed by atoms with van der Waals surface area (Å²) in [5.74, 6) is 0.367. The molecule has 0 saturated carbocycles. The summed E-state index contributed by atoms with van der Waals surface area (Å²) in [6.45, 7) is 2.46. The molecular weight excluding hydrogens is 256 g/mol. The molecule has 2 heterocycles.